The van der Waals surface area contributed by atoms with E-state index in [0.717, 1.165) is 0 Å². The summed E-state index contributed by atoms with van der Waals surface area (Å²) < 4.78 is 0. The zero-order chi connectivity index (χ0) is 7.78. The van der Waals surface area contributed by atoms with Gasteiger partial charge in [-0.05, 0) is 15.0 Å². The van der Waals surface area contributed by atoms with Gasteiger partial charge in [0.1, 0.15) is 0 Å². The molecule has 1 heterocycles. The van der Waals surface area contributed by atoms with Crippen LogP contribution in [0.15, 0.2) is 15.2 Å². The first-order chi connectivity index (χ1) is 4.51. The van der Waals surface area contributed by atoms with Gasteiger partial charge in [-0.1, -0.05) is 0 Å². The number of hydrogen-bond acceptors (Lipinski definition) is 7. The van der Waals surface area contributed by atoms with Crippen LogP contribution in [-0.4, -0.2) is 16.8 Å². The molecule has 0 saturated carbocycles. The van der Waals surface area contributed by atoms with E-state index >= 15 is 0 Å². The minimum absolute atomic E-state index is 0.662. The summed E-state index contributed by atoms with van der Waals surface area (Å²) in [7, 11) is 0. The number of nitrogens with two attached hydrogens (primary N) is 2. The number of nitro groups is 1. The predicted octanol–water partition coefficient (Wildman–Crippen LogP) is -1.39. The van der Waals surface area contributed by atoms with Gasteiger partial charge in [0.25, 0.3) is 0 Å². The largest absolute Gasteiger partial charge is 0.491 e. The lowest BCUT2D eigenvalue weighted by molar-refractivity contribution is -0.352. The van der Waals surface area contributed by atoms with E-state index in [1.54, 1.807) is 0 Å². The van der Waals surface area contributed by atoms with Crippen molar-refractivity contribution in [1.82, 2.24) is 0 Å². The molecule has 8 heteroatoms. The molecule has 10 heavy (non-hydrogen) atoms. The maximum absolute atomic E-state index is 9.90. The molecular weight excluding hydrogens is 140 g/mol. The lowest BCUT2D eigenvalue weighted by atomic mass is 10.7. The third-order valence-corrected chi connectivity index (χ3v) is 0.742. The van der Waals surface area contributed by atoms with Crippen LogP contribution in [-0.2, 0) is 0 Å². The Balaban J connectivity index is 2.88. The fourth-order valence-corrected chi connectivity index (χ4v) is 0.407. The Morgan fingerprint density at radius 1 is 1.60 bits per heavy atom. The first-order valence-corrected chi connectivity index (χ1v) is 2.26. The first kappa shape index (κ1) is 6.71. The second-order valence-electron chi connectivity index (χ2n) is 1.65. The van der Waals surface area contributed by atoms with Crippen LogP contribution in [0.3, 0.4) is 0 Å². The van der Waals surface area contributed by atoms with Crippen LogP contribution in [0.25, 0.3) is 0 Å². The van der Waals surface area contributed by atoms with E-state index in [4.69, 9.17) is 11.5 Å². The van der Waals surface area contributed by atoms with Gasteiger partial charge >= 0.3 is 11.9 Å². The smallest absolute Gasteiger partial charge is 0.390 e. The van der Waals surface area contributed by atoms with E-state index in [1.807, 2.05) is 0 Å². The van der Waals surface area contributed by atoms with E-state index in [1.165, 1.54) is 0 Å². The summed E-state index contributed by atoms with van der Waals surface area (Å²) in [4.78, 5) is 12.2. The quantitative estimate of drug-likeness (QED) is 0.246. The fourth-order valence-electron chi connectivity index (χ4n) is 0.407. The monoisotopic (exact) mass is 144 g/mol. The molecule has 0 aromatic rings. The van der Waals surface area contributed by atoms with Gasteiger partial charge < -0.3 is 10.1 Å². The lowest BCUT2D eigenvalue weighted by Gasteiger charge is -1.96. The Hall–Kier alpha value is -1.41. The number of rotatable bonds is 0. The van der Waals surface area contributed by atoms with E-state index < -0.39 is 16.8 Å². The normalized spacial score (nSPS) is 20.8. The molecule has 1 rings (SSSR count). The second kappa shape index (κ2) is 1.78. The highest BCUT2D eigenvalue weighted by Gasteiger charge is 2.34. The summed E-state index contributed by atoms with van der Waals surface area (Å²) >= 11 is 0. The van der Waals surface area contributed by atoms with E-state index in [-0.39, 0.29) is 0 Å². The zero-order valence-corrected chi connectivity index (χ0v) is 4.76. The minimum atomic E-state index is -1.75. The molecule has 54 valence electrons. The van der Waals surface area contributed by atoms with Crippen molar-refractivity contribution in [3.63, 3.8) is 0 Å². The molecule has 0 aromatic carbocycles. The van der Waals surface area contributed by atoms with Gasteiger partial charge in [-0.2, -0.15) is 0 Å². The van der Waals surface area contributed by atoms with Gasteiger partial charge in [0.05, 0.1) is 5.11 Å². The third kappa shape index (κ3) is 1.11. The molecule has 1 aliphatic rings. The third-order valence-electron chi connectivity index (χ3n) is 0.742. The Morgan fingerprint density at radius 3 is 2.40 bits per heavy atom. The Kier molecular flexibility index (Phi) is 1.20. The van der Waals surface area contributed by atoms with E-state index in [9.17, 15) is 10.1 Å². The van der Waals surface area contributed by atoms with Crippen LogP contribution < -0.4 is 11.5 Å². The molecule has 0 bridgehead atoms. The summed E-state index contributed by atoms with van der Waals surface area (Å²) in [6, 6.07) is 0. The average molecular weight is 144 g/mol. The molecule has 0 unspecified atom stereocenters. The van der Waals surface area contributed by atoms with Crippen LogP contribution >= 0.6 is 0 Å². The van der Waals surface area contributed by atoms with Gasteiger partial charge in [-0.25, -0.2) is 0 Å². The van der Waals surface area contributed by atoms with Crippen LogP contribution in [0.5, 0.6) is 0 Å². The first-order valence-electron chi connectivity index (χ1n) is 2.26. The Morgan fingerprint density at radius 2 is 2.20 bits per heavy atom. The standard InChI is InChI=1S/C2H4N6O2/c3-2(4)5-1(6-7-2)8(9)10/h3-4H2. The Labute approximate surface area is 54.8 Å². The minimum Gasteiger partial charge on any atom is -0.390 e. The highest BCUT2D eigenvalue weighted by atomic mass is 16.6. The van der Waals surface area contributed by atoms with E-state index in [2.05, 4.69) is 15.2 Å². The molecule has 0 fully saturated rings. The van der Waals surface area contributed by atoms with Crippen LogP contribution in [0.4, 0.5) is 0 Å². The van der Waals surface area contributed by atoms with Crippen LogP contribution in [0.1, 0.15) is 0 Å². The van der Waals surface area contributed by atoms with Crippen LogP contribution in [0, 0.1) is 10.1 Å². The van der Waals surface area contributed by atoms with Gasteiger partial charge in [-0.3, -0.25) is 11.5 Å². The van der Waals surface area contributed by atoms with Crippen molar-refractivity contribution in [2.24, 2.45) is 26.7 Å². The molecule has 0 spiro atoms. The molecule has 0 aliphatic carbocycles. The number of hydrogen-bond donors (Lipinski definition) is 2. The average Bonchev–Trinajstić information content (AvgIpc) is 2.10. The summed E-state index contributed by atoms with van der Waals surface area (Å²) in [5, 5.41) is 16.0. The summed E-state index contributed by atoms with van der Waals surface area (Å²) in [6.45, 7) is 0. The molecule has 0 saturated heterocycles. The van der Waals surface area contributed by atoms with Crippen molar-refractivity contribution in [2.45, 2.75) is 5.91 Å². The van der Waals surface area contributed by atoms with Gasteiger partial charge in [0.2, 0.25) is 0 Å². The maximum Gasteiger partial charge on any atom is 0.491 e. The van der Waals surface area contributed by atoms with Crippen LogP contribution in [0.2, 0.25) is 0 Å². The Bertz CT molecular complexity index is 228. The van der Waals surface area contributed by atoms with Gasteiger partial charge in [0, 0.05) is 0 Å². The molecular formula is C2H4N6O2. The summed E-state index contributed by atoms with van der Waals surface area (Å²) in [6.07, 6.45) is 0. The number of guanidine groups is 1. The summed E-state index contributed by atoms with van der Waals surface area (Å²) in [5.41, 5.74) is 10.1. The number of aliphatic imine (C=N–C) groups is 1. The van der Waals surface area contributed by atoms with Crippen molar-refractivity contribution in [3.05, 3.63) is 10.1 Å². The van der Waals surface area contributed by atoms with Crippen molar-refractivity contribution >= 4 is 5.96 Å². The molecule has 0 amide bonds. The number of azo groups is 1. The molecule has 8 nitrogen and oxygen atoms in total. The number of nitrogens with zero attached hydrogens (tertiary/aromatic N) is 4. The molecule has 0 atom stereocenters. The molecule has 1 aliphatic heterocycles. The van der Waals surface area contributed by atoms with Gasteiger partial charge in [0.15, 0.2) is 0 Å². The van der Waals surface area contributed by atoms with Crippen molar-refractivity contribution < 1.29 is 4.92 Å². The molecule has 0 aromatic heterocycles. The zero-order valence-electron chi connectivity index (χ0n) is 4.76. The van der Waals surface area contributed by atoms with Crippen molar-refractivity contribution in [2.75, 3.05) is 0 Å². The molecule has 0 radical (unpaired) electrons. The summed E-state index contributed by atoms with van der Waals surface area (Å²) in [5.74, 6) is -2.41. The lowest BCUT2D eigenvalue weighted by Crippen LogP contribution is -2.44. The second-order valence-corrected chi connectivity index (χ2v) is 1.65. The van der Waals surface area contributed by atoms with Gasteiger partial charge in [-0.15, -0.1) is 0 Å². The highest BCUT2D eigenvalue weighted by molar-refractivity contribution is 5.73. The van der Waals surface area contributed by atoms with E-state index in [0.29, 0.717) is 0 Å². The topological polar surface area (TPSA) is 132 Å². The fraction of sp³-hybridized carbons (Fsp3) is 0.500. The predicted molar refractivity (Wildman–Crippen MR) is 30.4 cm³/mol. The SMILES string of the molecule is NC1(N)N=NC([N+](=O)[O-])=N1. The maximum atomic E-state index is 9.90. The highest BCUT2D eigenvalue weighted by Crippen LogP contribution is 2.06. The van der Waals surface area contributed by atoms with Crippen molar-refractivity contribution in [1.29, 1.82) is 0 Å². The molecule has 4 N–H and O–H groups in total. The van der Waals surface area contributed by atoms with Crippen molar-refractivity contribution in [3.8, 4) is 0 Å².